The number of hydrogen-bond donors (Lipinski definition) is 1. The topological polar surface area (TPSA) is 29.1 Å². The monoisotopic (exact) mass is 251 g/mol. The molecule has 0 unspecified atom stereocenters. The van der Waals surface area contributed by atoms with E-state index in [1.807, 2.05) is 32.0 Å². The molecule has 0 radical (unpaired) electrons. The fourth-order valence-electron chi connectivity index (χ4n) is 2.13. The van der Waals surface area contributed by atoms with Crippen molar-refractivity contribution in [3.63, 3.8) is 0 Å². The smallest absolute Gasteiger partial charge is 0.247 e. The lowest BCUT2D eigenvalue weighted by Crippen LogP contribution is -2.10. The molecule has 0 saturated heterocycles. The average Bonchev–Trinajstić information content (AvgIpc) is 2.43. The van der Waals surface area contributed by atoms with Crippen LogP contribution in [0.3, 0.4) is 0 Å². The van der Waals surface area contributed by atoms with Gasteiger partial charge in [0.2, 0.25) is 5.91 Å². The van der Waals surface area contributed by atoms with Gasteiger partial charge < -0.3 is 5.32 Å². The van der Waals surface area contributed by atoms with Crippen LogP contribution in [0.5, 0.6) is 0 Å². The van der Waals surface area contributed by atoms with Crippen LogP contribution >= 0.6 is 0 Å². The highest BCUT2D eigenvalue weighted by Gasteiger charge is 2.08. The van der Waals surface area contributed by atoms with Gasteiger partial charge in [-0.05, 0) is 54.3 Å². The highest BCUT2D eigenvalue weighted by atomic mass is 16.1. The Hall–Kier alpha value is -2.35. The maximum atomic E-state index is 11.4. The Bertz CT molecular complexity index is 591. The minimum Gasteiger partial charge on any atom is -0.322 e. The Morgan fingerprint density at radius 2 is 1.63 bits per heavy atom. The third-order valence-electron chi connectivity index (χ3n) is 3.07. The predicted octanol–water partition coefficient (Wildman–Crippen LogP) is 4.09. The molecule has 0 spiro atoms. The minimum atomic E-state index is -0.182. The van der Waals surface area contributed by atoms with Crippen molar-refractivity contribution in [2.75, 3.05) is 5.32 Å². The third-order valence-corrected chi connectivity index (χ3v) is 3.07. The number of amides is 1. The van der Waals surface area contributed by atoms with Gasteiger partial charge in [0.25, 0.3) is 0 Å². The summed E-state index contributed by atoms with van der Waals surface area (Å²) in [7, 11) is 0. The standard InChI is InChI=1S/C17H17NO/c1-4-16(19)18-17-12(2)10-15(11-13(17)3)14-8-6-5-7-9-14/h4-11H,1H2,2-3H3,(H,18,19). The van der Waals surface area contributed by atoms with E-state index in [9.17, 15) is 4.79 Å². The number of hydrogen-bond acceptors (Lipinski definition) is 1. The number of aryl methyl sites for hydroxylation is 2. The van der Waals surface area contributed by atoms with Crippen LogP contribution in [-0.2, 0) is 4.79 Å². The van der Waals surface area contributed by atoms with E-state index in [-0.39, 0.29) is 5.91 Å². The van der Waals surface area contributed by atoms with Crippen LogP contribution in [0.4, 0.5) is 5.69 Å². The Morgan fingerprint density at radius 3 is 2.16 bits per heavy atom. The predicted molar refractivity (Wildman–Crippen MR) is 80.2 cm³/mol. The molecule has 0 fully saturated rings. The summed E-state index contributed by atoms with van der Waals surface area (Å²) in [6.07, 6.45) is 1.28. The largest absolute Gasteiger partial charge is 0.322 e. The van der Waals surface area contributed by atoms with Crippen LogP contribution < -0.4 is 5.32 Å². The molecule has 0 heterocycles. The molecule has 19 heavy (non-hydrogen) atoms. The molecule has 2 aromatic rings. The second-order valence-corrected chi connectivity index (χ2v) is 4.54. The van der Waals surface area contributed by atoms with Crippen LogP contribution in [0.1, 0.15) is 11.1 Å². The van der Waals surface area contributed by atoms with Gasteiger partial charge >= 0.3 is 0 Å². The molecule has 1 N–H and O–H groups in total. The summed E-state index contributed by atoms with van der Waals surface area (Å²) >= 11 is 0. The summed E-state index contributed by atoms with van der Waals surface area (Å²) in [4.78, 5) is 11.4. The zero-order valence-corrected chi connectivity index (χ0v) is 11.2. The molecule has 0 aliphatic heterocycles. The van der Waals surface area contributed by atoms with Gasteiger partial charge in [0.15, 0.2) is 0 Å². The third kappa shape index (κ3) is 2.91. The van der Waals surface area contributed by atoms with E-state index < -0.39 is 0 Å². The lowest BCUT2D eigenvalue weighted by molar-refractivity contribution is -0.111. The zero-order valence-electron chi connectivity index (χ0n) is 11.2. The summed E-state index contributed by atoms with van der Waals surface area (Å²) < 4.78 is 0. The number of anilines is 1. The van der Waals surface area contributed by atoms with E-state index >= 15 is 0 Å². The van der Waals surface area contributed by atoms with Crippen LogP contribution in [0.2, 0.25) is 0 Å². The van der Waals surface area contributed by atoms with E-state index in [2.05, 4.69) is 36.2 Å². The molecule has 0 atom stereocenters. The zero-order chi connectivity index (χ0) is 13.8. The molecule has 0 saturated carbocycles. The molecule has 2 nitrogen and oxygen atoms in total. The summed E-state index contributed by atoms with van der Waals surface area (Å²) in [6, 6.07) is 14.4. The van der Waals surface area contributed by atoms with Crippen molar-refractivity contribution in [2.45, 2.75) is 13.8 Å². The first-order chi connectivity index (χ1) is 9.11. The van der Waals surface area contributed by atoms with Crippen molar-refractivity contribution >= 4 is 11.6 Å². The van der Waals surface area contributed by atoms with Crippen LogP contribution in [0.25, 0.3) is 11.1 Å². The van der Waals surface area contributed by atoms with Gasteiger partial charge in [-0.1, -0.05) is 36.9 Å². The van der Waals surface area contributed by atoms with E-state index in [1.54, 1.807) is 0 Å². The number of carbonyl (C=O) groups is 1. The molecular weight excluding hydrogens is 234 g/mol. The number of benzene rings is 2. The van der Waals surface area contributed by atoms with Gasteiger partial charge in [-0.15, -0.1) is 0 Å². The van der Waals surface area contributed by atoms with Crippen molar-refractivity contribution in [3.05, 3.63) is 66.2 Å². The number of rotatable bonds is 3. The van der Waals surface area contributed by atoms with E-state index in [0.29, 0.717) is 0 Å². The fourth-order valence-corrected chi connectivity index (χ4v) is 2.13. The van der Waals surface area contributed by atoms with E-state index in [4.69, 9.17) is 0 Å². The van der Waals surface area contributed by atoms with Gasteiger partial charge in [-0.25, -0.2) is 0 Å². The number of nitrogens with one attached hydrogen (secondary N) is 1. The molecular formula is C17H17NO. The van der Waals surface area contributed by atoms with Gasteiger partial charge in [0.1, 0.15) is 0 Å². The Morgan fingerprint density at radius 1 is 1.05 bits per heavy atom. The normalized spacial score (nSPS) is 10.0. The fraction of sp³-hybridized carbons (Fsp3) is 0.118. The SMILES string of the molecule is C=CC(=O)Nc1c(C)cc(-c2ccccc2)cc1C. The molecule has 0 aliphatic rings. The lowest BCUT2D eigenvalue weighted by atomic mass is 9.99. The van der Waals surface area contributed by atoms with Crippen molar-refractivity contribution in [3.8, 4) is 11.1 Å². The second kappa shape index (κ2) is 5.53. The van der Waals surface area contributed by atoms with Crippen molar-refractivity contribution in [1.82, 2.24) is 0 Å². The van der Waals surface area contributed by atoms with E-state index in [0.717, 1.165) is 22.4 Å². The maximum Gasteiger partial charge on any atom is 0.247 e. The van der Waals surface area contributed by atoms with Gasteiger partial charge in [-0.2, -0.15) is 0 Å². The first-order valence-corrected chi connectivity index (χ1v) is 6.22. The highest BCUT2D eigenvalue weighted by Crippen LogP contribution is 2.28. The average molecular weight is 251 g/mol. The first-order valence-electron chi connectivity index (χ1n) is 6.22. The summed E-state index contributed by atoms with van der Waals surface area (Å²) in [6.45, 7) is 7.47. The highest BCUT2D eigenvalue weighted by molar-refractivity contribution is 6.00. The van der Waals surface area contributed by atoms with Gasteiger partial charge in [0.05, 0.1) is 0 Å². The van der Waals surface area contributed by atoms with E-state index in [1.165, 1.54) is 11.6 Å². The van der Waals surface area contributed by atoms with Gasteiger partial charge in [-0.3, -0.25) is 4.79 Å². The molecule has 1 amide bonds. The molecule has 0 aliphatic carbocycles. The number of carbonyl (C=O) groups excluding carboxylic acids is 1. The molecule has 0 aromatic heterocycles. The maximum absolute atomic E-state index is 11.4. The van der Waals surface area contributed by atoms with Crippen molar-refractivity contribution in [1.29, 1.82) is 0 Å². The van der Waals surface area contributed by atoms with Crippen LogP contribution in [0, 0.1) is 13.8 Å². The van der Waals surface area contributed by atoms with Crippen molar-refractivity contribution < 1.29 is 4.79 Å². The summed E-state index contributed by atoms with van der Waals surface area (Å²) in [5.41, 5.74) is 5.30. The van der Waals surface area contributed by atoms with Crippen LogP contribution in [-0.4, -0.2) is 5.91 Å². The second-order valence-electron chi connectivity index (χ2n) is 4.54. The molecule has 96 valence electrons. The quantitative estimate of drug-likeness (QED) is 0.818. The summed E-state index contributed by atoms with van der Waals surface area (Å²) in [5, 5.41) is 2.85. The molecule has 0 bridgehead atoms. The molecule has 2 rings (SSSR count). The summed E-state index contributed by atoms with van der Waals surface area (Å²) in [5.74, 6) is -0.182. The Labute approximate surface area is 113 Å². The van der Waals surface area contributed by atoms with Crippen LogP contribution in [0.15, 0.2) is 55.1 Å². The first kappa shape index (κ1) is 13.1. The molecule has 2 heteroatoms. The minimum absolute atomic E-state index is 0.182. The van der Waals surface area contributed by atoms with Gasteiger partial charge in [0, 0.05) is 5.69 Å². The Kier molecular flexibility index (Phi) is 3.81. The van der Waals surface area contributed by atoms with Crippen molar-refractivity contribution in [2.24, 2.45) is 0 Å². The Balaban J connectivity index is 2.42. The molecule has 2 aromatic carbocycles. The lowest BCUT2D eigenvalue weighted by Gasteiger charge is -2.13.